The summed E-state index contributed by atoms with van der Waals surface area (Å²) in [5.74, 6) is 0. The molecule has 0 unspecified atom stereocenters. The normalized spacial score (nSPS) is 11.3. The van der Waals surface area contributed by atoms with Crippen molar-refractivity contribution in [3.63, 3.8) is 0 Å². The minimum absolute atomic E-state index is 0. The van der Waals surface area contributed by atoms with Gasteiger partial charge in [-0.1, -0.05) is 0 Å². The Bertz CT molecular complexity index is 248. The number of rotatable bonds is 8. The number of thiol groups is 2. The van der Waals surface area contributed by atoms with Crippen LogP contribution >= 0.6 is 11.4 Å². The molecule has 0 fully saturated rings. The van der Waals surface area contributed by atoms with Crippen molar-refractivity contribution in [2.45, 2.75) is 27.7 Å². The predicted octanol–water partition coefficient (Wildman–Crippen LogP) is 3.12. The van der Waals surface area contributed by atoms with Gasteiger partial charge in [0, 0.05) is 0 Å². The van der Waals surface area contributed by atoms with Crippen molar-refractivity contribution >= 4 is 59.5 Å². The average molecular weight is 431 g/mol. The second-order valence-corrected chi connectivity index (χ2v) is 13.2. The Labute approximate surface area is 147 Å². The van der Waals surface area contributed by atoms with E-state index in [2.05, 4.69) is 23.6 Å². The molecule has 0 radical (unpaired) electrons. The van der Waals surface area contributed by atoms with Gasteiger partial charge in [-0.15, -0.1) is 0 Å². The maximum absolute atomic E-state index is 5.04. The van der Waals surface area contributed by atoms with Crippen LogP contribution in [0.4, 0.5) is 0 Å². The molecule has 0 N–H and O–H groups in total. The first-order valence-corrected chi connectivity index (χ1v) is 13.1. The van der Waals surface area contributed by atoms with Gasteiger partial charge in [-0.3, -0.25) is 0 Å². The molecule has 0 bridgehead atoms. The molecule has 0 atom stereocenters. The first kappa shape index (κ1) is 26.2. The van der Waals surface area contributed by atoms with Crippen LogP contribution in [-0.2, 0) is 82.7 Å². The molecule has 0 aliphatic heterocycles. The Kier molecular flexibility index (Phi) is 21.0. The van der Waals surface area contributed by atoms with Crippen molar-refractivity contribution in [3.8, 4) is 0 Å². The molecule has 11 heteroatoms. The summed E-state index contributed by atoms with van der Waals surface area (Å²) in [6.45, 7) is 9.77. The Morgan fingerprint density at radius 1 is 0.684 bits per heavy atom. The predicted molar refractivity (Wildman–Crippen MR) is 92.6 cm³/mol. The molecule has 120 valence electrons. The topological polar surface area (TPSA) is 36.9 Å². The summed E-state index contributed by atoms with van der Waals surface area (Å²) in [6.07, 6.45) is 0. The first-order chi connectivity index (χ1) is 8.24. The SMILES string of the molecule is CCOP([S-])(=[SH+])OCC.CCOP([S-])(=[SH+])OCC.[Ni+2]. The molecular weight excluding hydrogens is 409 g/mol. The van der Waals surface area contributed by atoms with Gasteiger partial charge in [0.05, 0.1) is 26.4 Å². The molecule has 0 aliphatic rings. The van der Waals surface area contributed by atoms with Gasteiger partial charge in [0.15, 0.2) is 23.6 Å². The Hall–Kier alpha value is 2.33. The molecule has 0 saturated carbocycles. The van der Waals surface area contributed by atoms with Crippen molar-refractivity contribution in [2.24, 2.45) is 0 Å². The summed E-state index contributed by atoms with van der Waals surface area (Å²) in [7, 11) is 0. The first-order valence-electron chi connectivity index (χ1n) is 5.48. The Morgan fingerprint density at radius 3 is 0.947 bits per heavy atom. The molecule has 19 heavy (non-hydrogen) atoms. The molecule has 0 aromatic carbocycles. The molecule has 0 aliphatic carbocycles. The van der Waals surface area contributed by atoms with E-state index >= 15 is 0 Å². The summed E-state index contributed by atoms with van der Waals surface area (Å²) in [5, 5.41) is 0. The van der Waals surface area contributed by atoms with Gasteiger partial charge in [-0.05, 0) is 27.7 Å². The van der Waals surface area contributed by atoms with E-state index in [1.807, 2.05) is 27.7 Å². The van der Waals surface area contributed by atoms with Gasteiger partial charge in [0.25, 0.3) is 0 Å². The molecular formula is C8H22NiO4P2S4+2. The largest absolute Gasteiger partial charge is 2.00 e. The number of hydrogen-bond acceptors (Lipinski definition) is 6. The minimum atomic E-state index is -2.16. The van der Waals surface area contributed by atoms with Crippen LogP contribution in [-0.4, -0.2) is 26.4 Å². The van der Waals surface area contributed by atoms with Crippen LogP contribution in [0.15, 0.2) is 0 Å². The maximum Gasteiger partial charge on any atom is 2.00 e. The van der Waals surface area contributed by atoms with Crippen LogP contribution in [0.2, 0.25) is 0 Å². The summed E-state index contributed by atoms with van der Waals surface area (Å²) < 4.78 is 20.2. The third-order valence-corrected chi connectivity index (χ3v) is 6.16. The average Bonchev–Trinajstić information content (AvgIpc) is 2.17. The number of hydrogen-bond donors (Lipinski definition) is 0. The van der Waals surface area contributed by atoms with Gasteiger partial charge >= 0.3 is 16.5 Å². The van der Waals surface area contributed by atoms with Gasteiger partial charge in [-0.2, -0.15) is 0 Å². The van der Waals surface area contributed by atoms with Crippen LogP contribution in [0, 0.1) is 0 Å². The van der Waals surface area contributed by atoms with Crippen molar-refractivity contribution in [3.05, 3.63) is 0 Å². The molecule has 0 saturated heterocycles. The fourth-order valence-electron chi connectivity index (χ4n) is 0.727. The van der Waals surface area contributed by atoms with Crippen LogP contribution in [0.1, 0.15) is 27.7 Å². The molecule has 0 spiro atoms. The summed E-state index contributed by atoms with van der Waals surface area (Å²) in [5.41, 5.74) is -4.33. The third-order valence-electron chi connectivity index (χ3n) is 1.17. The van der Waals surface area contributed by atoms with E-state index in [4.69, 9.17) is 42.6 Å². The van der Waals surface area contributed by atoms with E-state index in [9.17, 15) is 0 Å². The van der Waals surface area contributed by atoms with Crippen molar-refractivity contribution in [1.82, 2.24) is 0 Å². The second kappa shape index (κ2) is 15.2. The van der Waals surface area contributed by atoms with Crippen molar-refractivity contribution in [1.29, 1.82) is 0 Å². The van der Waals surface area contributed by atoms with Crippen molar-refractivity contribution in [2.75, 3.05) is 26.4 Å². The van der Waals surface area contributed by atoms with E-state index in [0.717, 1.165) is 0 Å². The molecule has 0 rings (SSSR count). The van der Waals surface area contributed by atoms with E-state index in [1.54, 1.807) is 0 Å². The second-order valence-electron chi connectivity index (χ2n) is 2.61. The summed E-state index contributed by atoms with van der Waals surface area (Å²) in [6, 6.07) is 0. The van der Waals surface area contributed by atoms with E-state index in [1.165, 1.54) is 0 Å². The van der Waals surface area contributed by atoms with Gasteiger partial charge < -0.3 is 42.6 Å². The molecule has 4 nitrogen and oxygen atoms in total. The van der Waals surface area contributed by atoms with Crippen LogP contribution in [0.3, 0.4) is 0 Å². The van der Waals surface area contributed by atoms with E-state index in [-0.39, 0.29) is 16.5 Å². The maximum atomic E-state index is 5.04. The standard InChI is InChI=1S/2C4H11O2PS2.Ni/c2*1-3-5-7(8,9)6-4-2;/h2*3-4H2,1-2H3,(H,8,9);/q;;+2. The fraction of sp³-hybridized carbons (Fsp3) is 1.00. The minimum Gasteiger partial charge on any atom is -0.640 e. The van der Waals surface area contributed by atoms with E-state index in [0.29, 0.717) is 26.4 Å². The zero-order valence-electron chi connectivity index (χ0n) is 11.4. The summed E-state index contributed by atoms with van der Waals surface area (Å²) in [4.78, 5) is 0. The molecule has 0 aromatic rings. The van der Waals surface area contributed by atoms with Gasteiger partial charge in [0.1, 0.15) is 0 Å². The van der Waals surface area contributed by atoms with E-state index < -0.39 is 11.4 Å². The molecule has 0 aromatic heterocycles. The Balaban J connectivity index is -0.000000256. The van der Waals surface area contributed by atoms with Gasteiger partial charge in [-0.25, -0.2) is 0 Å². The van der Waals surface area contributed by atoms with Crippen molar-refractivity contribution < 1.29 is 34.6 Å². The van der Waals surface area contributed by atoms with Crippen LogP contribution in [0.5, 0.6) is 0 Å². The van der Waals surface area contributed by atoms with Crippen LogP contribution in [0.25, 0.3) is 0 Å². The zero-order chi connectivity index (χ0) is 14.7. The smallest absolute Gasteiger partial charge is 0.640 e. The molecule has 0 heterocycles. The third kappa shape index (κ3) is 20.3. The summed E-state index contributed by atoms with van der Waals surface area (Å²) >= 11 is 17.8. The molecule has 0 amide bonds. The zero-order valence-corrected chi connectivity index (χ0v) is 17.6. The monoisotopic (exact) mass is 430 g/mol. The van der Waals surface area contributed by atoms with Crippen LogP contribution < -0.4 is 0 Å². The van der Waals surface area contributed by atoms with Gasteiger partial charge in [0.2, 0.25) is 11.4 Å². The Morgan fingerprint density at radius 2 is 0.842 bits per heavy atom. The quantitative estimate of drug-likeness (QED) is 0.193. The fourth-order valence-corrected chi connectivity index (χ4v) is 4.83.